The summed E-state index contributed by atoms with van der Waals surface area (Å²) in [5.74, 6) is -1.22. The molecule has 1 aliphatic rings. The number of aliphatic hydroxyl groups excluding tert-OH is 5. The predicted molar refractivity (Wildman–Crippen MR) is 338 cm³/mol. The number of unbranched alkanes of at least 4 members (excludes halogenated alkanes) is 23. The fourth-order valence-electron chi connectivity index (χ4n) is 9.36. The van der Waals surface area contributed by atoms with Crippen molar-refractivity contribution in [1.82, 2.24) is 5.32 Å². The molecule has 0 aromatic rings. The zero-order valence-corrected chi connectivity index (χ0v) is 51.1. The van der Waals surface area contributed by atoms with E-state index in [9.17, 15) is 35.1 Å². The van der Waals surface area contributed by atoms with E-state index in [-0.39, 0.29) is 19.4 Å². The van der Waals surface area contributed by atoms with Gasteiger partial charge in [0.25, 0.3) is 0 Å². The molecule has 8 atom stereocenters. The van der Waals surface area contributed by atoms with E-state index in [1.807, 2.05) is 12.2 Å². The minimum absolute atomic E-state index is 0.103. The molecule has 6 N–H and O–H groups in total. The molecule has 1 aliphatic heterocycles. The van der Waals surface area contributed by atoms with E-state index < -0.39 is 67.4 Å². The maximum absolute atomic E-state index is 13.4. The van der Waals surface area contributed by atoms with Crippen molar-refractivity contribution in [2.75, 3.05) is 13.2 Å². The molecule has 0 spiro atoms. The highest BCUT2D eigenvalue weighted by Crippen LogP contribution is 2.26. The smallest absolute Gasteiger partial charge is 0.306 e. The van der Waals surface area contributed by atoms with Crippen LogP contribution in [0.15, 0.2) is 122 Å². The van der Waals surface area contributed by atoms with Crippen LogP contribution in [0.25, 0.3) is 0 Å². The number of ether oxygens (including phenoxy) is 3. The summed E-state index contributed by atoms with van der Waals surface area (Å²) in [5.41, 5.74) is 0. The maximum atomic E-state index is 13.4. The lowest BCUT2D eigenvalue weighted by atomic mass is 9.99. The topological polar surface area (TPSA) is 175 Å². The summed E-state index contributed by atoms with van der Waals surface area (Å²) in [5, 5.41) is 57.0. The lowest BCUT2D eigenvalue weighted by Crippen LogP contribution is -2.61. The zero-order valence-electron chi connectivity index (χ0n) is 51.1. The maximum Gasteiger partial charge on any atom is 0.306 e. The van der Waals surface area contributed by atoms with Gasteiger partial charge in [0, 0.05) is 6.42 Å². The average molecular weight is 1130 g/mol. The third-order valence-electron chi connectivity index (χ3n) is 14.4. The van der Waals surface area contributed by atoms with Crippen molar-refractivity contribution >= 4 is 11.9 Å². The minimum Gasteiger partial charge on any atom is -0.454 e. The SMILES string of the molecule is CC/C=C\C/C=C\C/C=C\C/C=C\C/C=C\C/C=C\CCCCCCCCCC(O)C(=O)NC(COC1OC(CO)C(O)C(O)C1OC(=O)CCCCCCCCC/C=C/C=C/C=C/CC)C(O)/C=C/CCCCCCCCCCC. The third kappa shape index (κ3) is 44.3. The van der Waals surface area contributed by atoms with Crippen LogP contribution in [0.3, 0.4) is 0 Å². The minimum atomic E-state index is -1.63. The van der Waals surface area contributed by atoms with Crippen LogP contribution in [0.5, 0.6) is 0 Å². The van der Waals surface area contributed by atoms with Crippen LogP contribution in [-0.2, 0) is 23.8 Å². The first-order chi connectivity index (χ1) is 39.7. The number of rotatable bonds is 53. The normalized spacial score (nSPS) is 19.5. The van der Waals surface area contributed by atoms with E-state index in [4.69, 9.17) is 14.2 Å². The average Bonchev–Trinajstić information content (AvgIpc) is 3.51. The first-order valence-electron chi connectivity index (χ1n) is 32.3. The van der Waals surface area contributed by atoms with Crippen molar-refractivity contribution in [3.63, 3.8) is 0 Å². The number of hydrogen-bond donors (Lipinski definition) is 6. The molecule has 0 bridgehead atoms. The summed E-state index contributed by atoms with van der Waals surface area (Å²) in [6, 6.07) is -1.04. The highest BCUT2D eigenvalue weighted by atomic mass is 16.7. The summed E-state index contributed by atoms with van der Waals surface area (Å²) in [6.07, 6.45) is 68.1. The Kier molecular flexibility index (Phi) is 52.4. The number of carbonyl (C=O) groups excluding carboxylic acids is 2. The van der Waals surface area contributed by atoms with Crippen LogP contribution in [0.1, 0.15) is 245 Å². The van der Waals surface area contributed by atoms with Crippen molar-refractivity contribution < 1.29 is 49.3 Å². The predicted octanol–water partition coefficient (Wildman–Crippen LogP) is 15.8. The molecule has 1 amide bonds. The van der Waals surface area contributed by atoms with E-state index in [0.29, 0.717) is 12.8 Å². The molecule has 0 aromatic carbocycles. The second-order valence-electron chi connectivity index (χ2n) is 21.8. The Labute approximate surface area is 493 Å². The molecule has 0 radical (unpaired) electrons. The van der Waals surface area contributed by atoms with Gasteiger partial charge >= 0.3 is 5.97 Å². The van der Waals surface area contributed by atoms with Gasteiger partial charge in [-0.3, -0.25) is 9.59 Å². The Morgan fingerprint density at radius 1 is 0.506 bits per heavy atom. The quantitative estimate of drug-likeness (QED) is 0.0149. The summed E-state index contributed by atoms with van der Waals surface area (Å²) < 4.78 is 17.6. The summed E-state index contributed by atoms with van der Waals surface area (Å²) >= 11 is 0. The summed E-state index contributed by atoms with van der Waals surface area (Å²) in [6.45, 7) is 5.52. The van der Waals surface area contributed by atoms with E-state index in [0.717, 1.165) is 154 Å². The molecule has 462 valence electrons. The zero-order chi connectivity index (χ0) is 58.9. The van der Waals surface area contributed by atoms with Gasteiger partial charge in [-0.1, -0.05) is 264 Å². The van der Waals surface area contributed by atoms with Gasteiger partial charge in [0.05, 0.1) is 25.4 Å². The molecule has 0 aromatic heterocycles. The number of allylic oxidation sites excluding steroid dienone is 19. The first-order valence-corrected chi connectivity index (χ1v) is 32.3. The molecule has 11 nitrogen and oxygen atoms in total. The molecule has 1 rings (SSSR count). The molecule has 0 aliphatic carbocycles. The molecule has 1 heterocycles. The Hall–Kier alpha value is -3.94. The third-order valence-corrected chi connectivity index (χ3v) is 14.4. The molecule has 81 heavy (non-hydrogen) atoms. The van der Waals surface area contributed by atoms with Crippen molar-refractivity contribution in [2.45, 2.75) is 294 Å². The molecule has 1 saturated heterocycles. The van der Waals surface area contributed by atoms with Gasteiger partial charge in [-0.25, -0.2) is 0 Å². The Morgan fingerprint density at radius 3 is 1.47 bits per heavy atom. The number of amides is 1. The van der Waals surface area contributed by atoms with Gasteiger partial charge in [0.1, 0.15) is 24.4 Å². The highest BCUT2D eigenvalue weighted by Gasteiger charge is 2.47. The van der Waals surface area contributed by atoms with E-state index in [1.165, 1.54) is 44.9 Å². The van der Waals surface area contributed by atoms with Gasteiger partial charge in [0.2, 0.25) is 5.91 Å². The monoisotopic (exact) mass is 1130 g/mol. The Balaban J connectivity index is 2.62. The van der Waals surface area contributed by atoms with Crippen LogP contribution < -0.4 is 5.32 Å². The number of hydrogen-bond acceptors (Lipinski definition) is 10. The lowest BCUT2D eigenvalue weighted by molar-refractivity contribution is -0.305. The molecule has 11 heteroatoms. The van der Waals surface area contributed by atoms with Crippen LogP contribution in [0.4, 0.5) is 0 Å². The Bertz CT molecular complexity index is 1780. The Morgan fingerprint density at radius 2 is 0.951 bits per heavy atom. The fraction of sp³-hybridized carbons (Fsp3) is 0.686. The molecular formula is C70H117NO10. The molecule has 8 unspecified atom stereocenters. The summed E-state index contributed by atoms with van der Waals surface area (Å²) in [4.78, 5) is 26.6. The van der Waals surface area contributed by atoms with Crippen molar-refractivity contribution in [2.24, 2.45) is 0 Å². The summed E-state index contributed by atoms with van der Waals surface area (Å²) in [7, 11) is 0. The standard InChI is InChI=1S/C70H117NO10/c1-4-7-10-13-16-19-22-24-26-27-28-29-30-31-32-33-34-35-36-38-39-42-45-48-51-54-57-63(74)69(78)71-61(62(73)56-53-50-47-44-41-21-18-15-12-9-6-3)60-79-70-68(67(77)66(76)64(59-72)80-70)81-65(75)58-55-52-49-46-43-40-37-25-23-20-17-14-11-8-5-2/h7-8,10-11,14,16-17,19-20,23-24,26,28-29,31-32,34-35,53,56,61-64,66-68,70,72-74,76-77H,4-6,9,12-13,15,18,21-22,25,27,30,33,36-52,54-55,57-60H2,1-3H3,(H,71,78)/b10-7-,11-8+,17-14+,19-16-,23-20+,26-24-,29-28-,32-31-,35-34-,56-53+. The van der Waals surface area contributed by atoms with Crippen LogP contribution in [0.2, 0.25) is 0 Å². The number of carbonyl (C=O) groups is 2. The van der Waals surface area contributed by atoms with Gasteiger partial charge < -0.3 is 45.1 Å². The van der Waals surface area contributed by atoms with Gasteiger partial charge in [0.15, 0.2) is 12.4 Å². The second-order valence-corrected chi connectivity index (χ2v) is 21.8. The number of nitrogens with one attached hydrogen (secondary N) is 1. The van der Waals surface area contributed by atoms with E-state index in [1.54, 1.807) is 6.08 Å². The van der Waals surface area contributed by atoms with Gasteiger partial charge in [-0.2, -0.15) is 0 Å². The van der Waals surface area contributed by atoms with Gasteiger partial charge in [-0.05, 0) is 96.3 Å². The second kappa shape index (κ2) is 56.5. The van der Waals surface area contributed by atoms with Crippen molar-refractivity contribution in [1.29, 1.82) is 0 Å². The fourth-order valence-corrected chi connectivity index (χ4v) is 9.36. The van der Waals surface area contributed by atoms with Crippen molar-refractivity contribution in [3.05, 3.63) is 122 Å². The molecule has 1 fully saturated rings. The number of aliphatic hydroxyl groups is 5. The van der Waals surface area contributed by atoms with Crippen LogP contribution in [-0.4, -0.2) is 99.6 Å². The molecular weight excluding hydrogens is 1010 g/mol. The van der Waals surface area contributed by atoms with E-state index >= 15 is 0 Å². The van der Waals surface area contributed by atoms with Crippen LogP contribution >= 0.6 is 0 Å². The number of esters is 1. The van der Waals surface area contributed by atoms with Crippen molar-refractivity contribution in [3.8, 4) is 0 Å². The largest absolute Gasteiger partial charge is 0.454 e. The first kappa shape index (κ1) is 75.1. The van der Waals surface area contributed by atoms with E-state index in [2.05, 4.69) is 129 Å². The van der Waals surface area contributed by atoms with Gasteiger partial charge in [-0.15, -0.1) is 0 Å². The van der Waals surface area contributed by atoms with Crippen LogP contribution in [0, 0.1) is 0 Å². The molecule has 0 saturated carbocycles. The highest BCUT2D eigenvalue weighted by molar-refractivity contribution is 5.80. The lowest BCUT2D eigenvalue weighted by Gasteiger charge is -2.41.